The third kappa shape index (κ3) is 4.34. The molecule has 210 valence electrons. The Morgan fingerprint density at radius 1 is 1.15 bits per heavy atom. The van der Waals surface area contributed by atoms with Gasteiger partial charge in [0.1, 0.15) is 0 Å². The molecule has 3 aromatic carbocycles. The molecule has 3 aliphatic rings. The number of aliphatic hydroxyl groups is 1. The molecule has 4 N–H and O–H groups in total. The molecule has 3 atom stereocenters. The topological polar surface area (TPSA) is 120 Å². The SMILES string of the molecule is O=C(NCC1CC2CCC(C1)N2)Oc1nc2ccc(C3(O)c4ccccc4C(=O)N3c3cccc(Cl)c3F)cc2[nH]1. The van der Waals surface area contributed by atoms with E-state index >= 15 is 4.39 Å². The van der Waals surface area contributed by atoms with Crippen LogP contribution in [0.15, 0.2) is 60.7 Å². The van der Waals surface area contributed by atoms with Crippen molar-refractivity contribution in [1.82, 2.24) is 20.6 Å². The van der Waals surface area contributed by atoms with Crippen molar-refractivity contribution in [3.05, 3.63) is 88.2 Å². The molecule has 0 spiro atoms. The average Bonchev–Trinajstić information content (AvgIpc) is 3.60. The lowest BCUT2D eigenvalue weighted by Gasteiger charge is -2.35. The Kier molecular flexibility index (Phi) is 6.22. The minimum absolute atomic E-state index is 0.00680. The molecule has 2 bridgehead atoms. The average molecular weight is 576 g/mol. The zero-order valence-electron chi connectivity index (χ0n) is 21.9. The summed E-state index contributed by atoms with van der Waals surface area (Å²) in [4.78, 5) is 34.4. The van der Waals surface area contributed by atoms with Gasteiger partial charge in [0.05, 0.1) is 21.7 Å². The minimum atomic E-state index is -2.05. The largest absolute Gasteiger partial charge is 0.415 e. The number of ether oxygens (including phenoxy) is 1. The molecule has 2 fully saturated rings. The zero-order chi connectivity index (χ0) is 28.3. The van der Waals surface area contributed by atoms with Gasteiger partial charge in [0.15, 0.2) is 11.5 Å². The van der Waals surface area contributed by atoms with Gasteiger partial charge in [-0.15, -0.1) is 0 Å². The number of imidazole rings is 1. The summed E-state index contributed by atoms with van der Waals surface area (Å²) in [6.45, 7) is 0.536. The number of carbonyl (C=O) groups is 2. The van der Waals surface area contributed by atoms with Gasteiger partial charge in [-0.1, -0.05) is 41.9 Å². The maximum atomic E-state index is 15.2. The molecule has 4 aromatic rings. The molecule has 2 saturated heterocycles. The van der Waals surface area contributed by atoms with E-state index in [0.717, 1.165) is 17.7 Å². The van der Waals surface area contributed by atoms with E-state index in [2.05, 4.69) is 20.6 Å². The fourth-order valence-electron chi connectivity index (χ4n) is 6.54. The van der Waals surface area contributed by atoms with Crippen molar-refractivity contribution in [3.63, 3.8) is 0 Å². The first-order chi connectivity index (χ1) is 19.8. The van der Waals surface area contributed by atoms with Crippen LogP contribution in [0.3, 0.4) is 0 Å². The normalized spacial score (nSPS) is 25.0. The lowest BCUT2D eigenvalue weighted by Crippen LogP contribution is -2.45. The van der Waals surface area contributed by atoms with E-state index in [1.165, 1.54) is 31.0 Å². The molecule has 3 unspecified atom stereocenters. The van der Waals surface area contributed by atoms with Crippen LogP contribution in [0.5, 0.6) is 6.01 Å². The van der Waals surface area contributed by atoms with Crippen molar-refractivity contribution >= 4 is 40.3 Å². The Hall–Kier alpha value is -3.99. The van der Waals surface area contributed by atoms with Crippen LogP contribution in [-0.4, -0.2) is 45.7 Å². The maximum Gasteiger partial charge on any atom is 0.415 e. The highest BCUT2D eigenvalue weighted by atomic mass is 35.5. The molecular formula is C30H27ClFN5O4. The number of nitrogens with one attached hydrogen (secondary N) is 3. The van der Waals surface area contributed by atoms with Crippen LogP contribution in [0.4, 0.5) is 14.9 Å². The van der Waals surface area contributed by atoms with Gasteiger partial charge in [-0.05, 0) is 61.9 Å². The number of hydrogen-bond acceptors (Lipinski definition) is 6. The standard InChI is InChI=1S/C30H27ClFN5O4/c31-22-6-3-7-25(26(22)32)37-27(38)20-4-1-2-5-21(20)30(37,40)17-8-11-23-24(14-17)36-28(35-23)41-29(39)33-15-16-12-18-9-10-19(13-16)34-18/h1-8,11,14,16,18-19,34,40H,9-10,12-13,15H2,(H,33,39)(H,35,36). The van der Waals surface area contributed by atoms with Gasteiger partial charge in [-0.2, -0.15) is 4.98 Å². The molecule has 1 aromatic heterocycles. The molecule has 0 aliphatic carbocycles. The van der Waals surface area contributed by atoms with E-state index in [-0.39, 0.29) is 27.8 Å². The number of carbonyl (C=O) groups excluding carboxylic acids is 2. The van der Waals surface area contributed by atoms with E-state index in [1.54, 1.807) is 42.5 Å². The summed E-state index contributed by atoms with van der Waals surface area (Å²) >= 11 is 6.04. The summed E-state index contributed by atoms with van der Waals surface area (Å²) in [6.07, 6.45) is 3.84. The third-order valence-electron chi connectivity index (χ3n) is 8.39. The highest BCUT2D eigenvalue weighted by molar-refractivity contribution is 6.31. The highest BCUT2D eigenvalue weighted by Crippen LogP contribution is 2.46. The summed E-state index contributed by atoms with van der Waals surface area (Å²) in [5.74, 6) is -0.990. The second-order valence-corrected chi connectivity index (χ2v) is 11.4. The first kappa shape index (κ1) is 25.9. The van der Waals surface area contributed by atoms with Gasteiger partial charge in [0, 0.05) is 35.3 Å². The first-order valence-electron chi connectivity index (χ1n) is 13.6. The monoisotopic (exact) mass is 575 g/mol. The molecule has 2 amide bonds. The van der Waals surface area contributed by atoms with Gasteiger partial charge in [0.2, 0.25) is 0 Å². The quantitative estimate of drug-likeness (QED) is 0.271. The van der Waals surface area contributed by atoms with Crippen molar-refractivity contribution in [3.8, 4) is 6.01 Å². The van der Waals surface area contributed by atoms with Gasteiger partial charge >= 0.3 is 12.1 Å². The molecule has 11 heteroatoms. The minimum Gasteiger partial charge on any atom is -0.375 e. The van der Waals surface area contributed by atoms with Crippen molar-refractivity contribution in [2.45, 2.75) is 43.5 Å². The van der Waals surface area contributed by atoms with Crippen molar-refractivity contribution < 1.29 is 23.8 Å². The van der Waals surface area contributed by atoms with Crippen LogP contribution in [0.1, 0.15) is 47.2 Å². The van der Waals surface area contributed by atoms with Crippen LogP contribution in [0, 0.1) is 11.7 Å². The molecular weight excluding hydrogens is 549 g/mol. The van der Waals surface area contributed by atoms with Crippen molar-refractivity contribution in [2.75, 3.05) is 11.4 Å². The fraction of sp³-hybridized carbons (Fsp3) is 0.300. The number of aromatic amines is 1. The van der Waals surface area contributed by atoms with Crippen molar-refractivity contribution in [1.29, 1.82) is 0 Å². The Bertz CT molecular complexity index is 1680. The molecule has 4 heterocycles. The van der Waals surface area contributed by atoms with E-state index in [4.69, 9.17) is 16.3 Å². The maximum absolute atomic E-state index is 15.2. The molecule has 9 nitrogen and oxygen atoms in total. The number of aromatic nitrogens is 2. The number of amides is 2. The molecule has 0 radical (unpaired) electrons. The highest BCUT2D eigenvalue weighted by Gasteiger charge is 2.51. The summed E-state index contributed by atoms with van der Waals surface area (Å²) in [7, 11) is 0. The van der Waals surface area contributed by atoms with Crippen LogP contribution in [0.2, 0.25) is 5.02 Å². The fourth-order valence-corrected chi connectivity index (χ4v) is 6.71. The number of nitrogens with zero attached hydrogens (tertiary/aromatic N) is 2. The summed E-state index contributed by atoms with van der Waals surface area (Å²) < 4.78 is 20.6. The number of hydrogen-bond donors (Lipinski definition) is 4. The van der Waals surface area contributed by atoms with E-state index in [9.17, 15) is 14.7 Å². The number of benzene rings is 3. The second kappa shape index (κ2) is 9.83. The number of anilines is 1. The predicted molar refractivity (Wildman–Crippen MR) is 150 cm³/mol. The zero-order valence-corrected chi connectivity index (χ0v) is 22.6. The molecule has 0 saturated carbocycles. The lowest BCUT2D eigenvalue weighted by molar-refractivity contribution is 0.0699. The lowest BCUT2D eigenvalue weighted by atomic mass is 9.92. The molecule has 7 rings (SSSR count). The van der Waals surface area contributed by atoms with Gasteiger partial charge in [-0.25, -0.2) is 9.18 Å². The Morgan fingerprint density at radius 3 is 2.73 bits per heavy atom. The summed E-state index contributed by atoms with van der Waals surface area (Å²) in [5.41, 5.74) is -0.459. The van der Waals surface area contributed by atoms with Gasteiger partial charge in [0.25, 0.3) is 5.91 Å². The Balaban J connectivity index is 1.17. The van der Waals surface area contributed by atoms with E-state index in [0.29, 0.717) is 41.1 Å². The van der Waals surface area contributed by atoms with Crippen LogP contribution < -0.4 is 20.3 Å². The number of rotatable bonds is 5. The Labute approximate surface area is 239 Å². The smallest absolute Gasteiger partial charge is 0.375 e. The molecule has 41 heavy (non-hydrogen) atoms. The second-order valence-electron chi connectivity index (χ2n) is 11.0. The van der Waals surface area contributed by atoms with E-state index in [1.807, 2.05) is 0 Å². The predicted octanol–water partition coefficient (Wildman–Crippen LogP) is 4.83. The summed E-state index contributed by atoms with van der Waals surface area (Å²) in [5, 5.41) is 18.5. The summed E-state index contributed by atoms with van der Waals surface area (Å²) in [6, 6.07) is 16.7. The van der Waals surface area contributed by atoms with Crippen LogP contribution in [0.25, 0.3) is 11.0 Å². The Morgan fingerprint density at radius 2 is 1.93 bits per heavy atom. The van der Waals surface area contributed by atoms with Gasteiger partial charge < -0.3 is 25.5 Å². The number of halogens is 2. The van der Waals surface area contributed by atoms with Crippen LogP contribution in [-0.2, 0) is 5.72 Å². The first-order valence-corrected chi connectivity index (χ1v) is 14.0. The number of piperidine rings is 1. The third-order valence-corrected chi connectivity index (χ3v) is 8.68. The van der Waals surface area contributed by atoms with Gasteiger partial charge in [-0.3, -0.25) is 9.69 Å². The van der Waals surface area contributed by atoms with E-state index < -0.39 is 23.5 Å². The molecule has 3 aliphatic heterocycles. The number of H-pyrrole nitrogens is 1. The van der Waals surface area contributed by atoms with Crippen molar-refractivity contribution in [2.24, 2.45) is 5.92 Å². The van der Waals surface area contributed by atoms with Crippen LogP contribution >= 0.6 is 11.6 Å². The number of fused-ring (bicyclic) bond motifs is 4.